The summed E-state index contributed by atoms with van der Waals surface area (Å²) >= 11 is 0. The third kappa shape index (κ3) is 6.57. The number of para-hydroxylation sites is 1. The molecule has 0 spiro atoms. The molecule has 4 nitrogen and oxygen atoms in total. The van der Waals surface area contributed by atoms with Crippen LogP contribution in [0, 0.1) is 5.92 Å². The van der Waals surface area contributed by atoms with Crippen LogP contribution in [0.25, 0.3) is 0 Å². The SMILES string of the molecule is CCCN(CCCOc1ccccc1)CC(C)C(=O)O. The van der Waals surface area contributed by atoms with Crippen molar-refractivity contribution in [1.29, 1.82) is 0 Å². The fourth-order valence-corrected chi connectivity index (χ4v) is 2.07. The number of carbonyl (C=O) groups is 1. The van der Waals surface area contributed by atoms with Crippen molar-refractivity contribution in [3.05, 3.63) is 30.3 Å². The van der Waals surface area contributed by atoms with Gasteiger partial charge in [0.05, 0.1) is 12.5 Å². The van der Waals surface area contributed by atoms with Crippen molar-refractivity contribution >= 4 is 5.97 Å². The Labute approximate surface area is 121 Å². The third-order valence-corrected chi connectivity index (χ3v) is 3.12. The highest BCUT2D eigenvalue weighted by Gasteiger charge is 2.15. The van der Waals surface area contributed by atoms with E-state index in [0.717, 1.165) is 31.7 Å². The van der Waals surface area contributed by atoms with E-state index in [9.17, 15) is 4.79 Å². The van der Waals surface area contributed by atoms with Crippen LogP contribution in [0.4, 0.5) is 0 Å². The summed E-state index contributed by atoms with van der Waals surface area (Å²) in [6, 6.07) is 9.75. The molecule has 0 radical (unpaired) electrons. The van der Waals surface area contributed by atoms with Gasteiger partial charge in [0.1, 0.15) is 5.75 Å². The molecule has 1 unspecified atom stereocenters. The second-order valence-electron chi connectivity index (χ2n) is 5.05. The van der Waals surface area contributed by atoms with Crippen LogP contribution < -0.4 is 4.74 Å². The van der Waals surface area contributed by atoms with Gasteiger partial charge in [-0.1, -0.05) is 32.0 Å². The van der Waals surface area contributed by atoms with Gasteiger partial charge in [-0.2, -0.15) is 0 Å². The molecule has 0 fully saturated rings. The average Bonchev–Trinajstić information content (AvgIpc) is 2.44. The Kier molecular flexibility index (Phi) is 7.73. The van der Waals surface area contributed by atoms with Crippen LogP contribution in [0.1, 0.15) is 26.7 Å². The second kappa shape index (κ2) is 9.37. The Bertz CT molecular complexity index is 381. The molecule has 0 aliphatic carbocycles. The van der Waals surface area contributed by atoms with Crippen LogP contribution in [0.15, 0.2) is 30.3 Å². The number of hydrogen-bond acceptors (Lipinski definition) is 3. The fraction of sp³-hybridized carbons (Fsp3) is 0.562. The molecule has 1 rings (SSSR count). The Morgan fingerprint density at radius 3 is 2.60 bits per heavy atom. The van der Waals surface area contributed by atoms with E-state index in [-0.39, 0.29) is 5.92 Å². The van der Waals surface area contributed by atoms with Crippen molar-refractivity contribution in [1.82, 2.24) is 4.90 Å². The van der Waals surface area contributed by atoms with Crippen LogP contribution >= 0.6 is 0 Å². The molecule has 0 heterocycles. The number of rotatable bonds is 10. The number of carboxylic acid groups (broad SMARTS) is 1. The molecule has 1 N–H and O–H groups in total. The molecular weight excluding hydrogens is 254 g/mol. The van der Waals surface area contributed by atoms with Gasteiger partial charge < -0.3 is 14.7 Å². The maximum absolute atomic E-state index is 10.9. The van der Waals surface area contributed by atoms with Gasteiger partial charge in [0.25, 0.3) is 0 Å². The minimum Gasteiger partial charge on any atom is -0.494 e. The van der Waals surface area contributed by atoms with E-state index in [0.29, 0.717) is 13.2 Å². The van der Waals surface area contributed by atoms with Crippen LogP contribution in [0.5, 0.6) is 5.75 Å². The smallest absolute Gasteiger partial charge is 0.307 e. The zero-order valence-corrected chi connectivity index (χ0v) is 12.4. The summed E-state index contributed by atoms with van der Waals surface area (Å²) in [4.78, 5) is 13.1. The summed E-state index contributed by atoms with van der Waals surface area (Å²) in [6.07, 6.45) is 1.94. The summed E-state index contributed by atoms with van der Waals surface area (Å²) < 4.78 is 5.64. The van der Waals surface area contributed by atoms with Crippen molar-refractivity contribution in [2.75, 3.05) is 26.2 Å². The van der Waals surface area contributed by atoms with Crippen LogP contribution in [-0.4, -0.2) is 42.2 Å². The zero-order chi connectivity index (χ0) is 14.8. The average molecular weight is 279 g/mol. The maximum Gasteiger partial charge on any atom is 0.307 e. The quantitative estimate of drug-likeness (QED) is 0.669. The van der Waals surface area contributed by atoms with Gasteiger partial charge in [0, 0.05) is 13.1 Å². The number of aliphatic carboxylic acids is 1. The first-order valence-electron chi connectivity index (χ1n) is 7.26. The Hall–Kier alpha value is -1.55. The molecule has 4 heteroatoms. The predicted molar refractivity (Wildman–Crippen MR) is 80.1 cm³/mol. The standard InChI is InChI=1S/C16H25NO3/c1-3-10-17(13-14(2)16(18)19)11-7-12-20-15-8-5-4-6-9-15/h4-6,8-9,14H,3,7,10-13H2,1-2H3,(H,18,19). The lowest BCUT2D eigenvalue weighted by molar-refractivity contribution is -0.141. The molecule has 20 heavy (non-hydrogen) atoms. The molecule has 1 aromatic carbocycles. The highest BCUT2D eigenvalue weighted by atomic mass is 16.5. The first-order chi connectivity index (χ1) is 9.63. The van der Waals surface area contributed by atoms with Gasteiger partial charge >= 0.3 is 5.97 Å². The van der Waals surface area contributed by atoms with Gasteiger partial charge in [-0.3, -0.25) is 4.79 Å². The lowest BCUT2D eigenvalue weighted by atomic mass is 10.1. The van der Waals surface area contributed by atoms with Crippen molar-refractivity contribution in [3.8, 4) is 5.75 Å². The summed E-state index contributed by atoms with van der Waals surface area (Å²) in [7, 11) is 0. The Morgan fingerprint density at radius 2 is 2.00 bits per heavy atom. The number of hydrogen-bond donors (Lipinski definition) is 1. The second-order valence-corrected chi connectivity index (χ2v) is 5.05. The number of ether oxygens (including phenoxy) is 1. The first-order valence-corrected chi connectivity index (χ1v) is 7.26. The van der Waals surface area contributed by atoms with E-state index in [2.05, 4.69) is 11.8 Å². The van der Waals surface area contributed by atoms with Gasteiger partial charge in [-0.15, -0.1) is 0 Å². The van der Waals surface area contributed by atoms with Gasteiger partial charge in [0.2, 0.25) is 0 Å². The maximum atomic E-state index is 10.9. The van der Waals surface area contributed by atoms with E-state index in [4.69, 9.17) is 9.84 Å². The summed E-state index contributed by atoms with van der Waals surface area (Å²) in [5.41, 5.74) is 0. The molecule has 0 aromatic heterocycles. The number of carboxylic acids is 1. The molecule has 0 amide bonds. The molecule has 1 aromatic rings. The monoisotopic (exact) mass is 279 g/mol. The van der Waals surface area contributed by atoms with E-state index in [1.165, 1.54) is 0 Å². The minimum absolute atomic E-state index is 0.323. The van der Waals surface area contributed by atoms with Crippen LogP contribution in [0.2, 0.25) is 0 Å². The summed E-state index contributed by atoms with van der Waals surface area (Å²) in [5.74, 6) is -0.170. The molecular formula is C16H25NO3. The van der Waals surface area contributed by atoms with Crippen LogP contribution in [0.3, 0.4) is 0 Å². The van der Waals surface area contributed by atoms with Crippen molar-refractivity contribution in [2.24, 2.45) is 5.92 Å². The van der Waals surface area contributed by atoms with Gasteiger partial charge in [0.15, 0.2) is 0 Å². The topological polar surface area (TPSA) is 49.8 Å². The lowest BCUT2D eigenvalue weighted by Gasteiger charge is -2.23. The zero-order valence-electron chi connectivity index (χ0n) is 12.4. The van der Waals surface area contributed by atoms with E-state index >= 15 is 0 Å². The Balaban J connectivity index is 2.26. The molecule has 112 valence electrons. The lowest BCUT2D eigenvalue weighted by Crippen LogP contribution is -2.33. The molecule has 0 aliphatic rings. The van der Waals surface area contributed by atoms with Crippen molar-refractivity contribution in [3.63, 3.8) is 0 Å². The Morgan fingerprint density at radius 1 is 1.30 bits per heavy atom. The van der Waals surface area contributed by atoms with Gasteiger partial charge in [-0.25, -0.2) is 0 Å². The van der Waals surface area contributed by atoms with Crippen molar-refractivity contribution < 1.29 is 14.6 Å². The van der Waals surface area contributed by atoms with E-state index in [1.807, 2.05) is 30.3 Å². The molecule has 1 atom stereocenters. The van der Waals surface area contributed by atoms with E-state index in [1.54, 1.807) is 6.92 Å². The largest absolute Gasteiger partial charge is 0.494 e. The number of benzene rings is 1. The highest BCUT2D eigenvalue weighted by Crippen LogP contribution is 2.09. The summed E-state index contributed by atoms with van der Waals surface area (Å²) in [6.45, 7) is 6.94. The first kappa shape index (κ1) is 16.5. The molecule has 0 saturated carbocycles. The summed E-state index contributed by atoms with van der Waals surface area (Å²) in [5, 5.41) is 8.97. The fourth-order valence-electron chi connectivity index (χ4n) is 2.07. The number of nitrogens with zero attached hydrogens (tertiary/aromatic N) is 1. The predicted octanol–water partition coefficient (Wildman–Crippen LogP) is 2.89. The van der Waals surface area contributed by atoms with Crippen molar-refractivity contribution in [2.45, 2.75) is 26.7 Å². The van der Waals surface area contributed by atoms with E-state index < -0.39 is 5.97 Å². The molecule has 0 saturated heterocycles. The highest BCUT2D eigenvalue weighted by molar-refractivity contribution is 5.69. The minimum atomic E-state index is -0.730. The third-order valence-electron chi connectivity index (χ3n) is 3.12. The normalized spacial score (nSPS) is 12.3. The molecule has 0 aliphatic heterocycles. The molecule has 0 bridgehead atoms. The van der Waals surface area contributed by atoms with Gasteiger partial charge in [-0.05, 0) is 31.5 Å². The van der Waals surface area contributed by atoms with Crippen LogP contribution in [-0.2, 0) is 4.79 Å².